The van der Waals surface area contributed by atoms with Crippen LogP contribution in [0.5, 0.6) is 0 Å². The molecule has 164 valence electrons. The first kappa shape index (κ1) is 21.7. The Balaban J connectivity index is 1.97. The smallest absolute Gasteiger partial charge is 0.384 e. The molecule has 0 saturated heterocycles. The first-order chi connectivity index (χ1) is 15.1. The Bertz CT molecular complexity index is 1220. The molecule has 32 heavy (non-hydrogen) atoms. The Kier molecular flexibility index (Phi) is 5.33. The Labute approximate surface area is 184 Å². The molecule has 0 saturated carbocycles. The number of hydrogen-bond donors (Lipinski definition) is 1. The predicted octanol–water partition coefficient (Wildman–Crippen LogP) is 5.63. The Morgan fingerprint density at radius 2 is 1.88 bits per heavy atom. The maximum atomic E-state index is 13.4. The van der Waals surface area contributed by atoms with Crippen molar-refractivity contribution in [1.82, 2.24) is 0 Å². The summed E-state index contributed by atoms with van der Waals surface area (Å²) in [5.41, 5.74) is 9.78. The Morgan fingerprint density at radius 1 is 1.12 bits per heavy atom. The van der Waals surface area contributed by atoms with E-state index in [0.29, 0.717) is 30.5 Å². The van der Waals surface area contributed by atoms with Gasteiger partial charge in [-0.05, 0) is 56.0 Å². The fourth-order valence-corrected chi connectivity index (χ4v) is 4.66. The summed E-state index contributed by atoms with van der Waals surface area (Å²) < 4.78 is 40.1. The highest BCUT2D eigenvalue weighted by Crippen LogP contribution is 2.47. The SMILES string of the molecule is Cc1ccc(C2C(C#N)=C(N)N(c3cccc(C(F)(F)F)c3)C3=C2C(=O)CCC3)c(C)c1. The van der Waals surface area contributed by atoms with Gasteiger partial charge in [-0.1, -0.05) is 29.8 Å². The van der Waals surface area contributed by atoms with E-state index in [9.17, 15) is 23.2 Å². The van der Waals surface area contributed by atoms with Crippen molar-refractivity contribution in [2.24, 2.45) is 5.73 Å². The maximum Gasteiger partial charge on any atom is 0.416 e. The fraction of sp³-hybridized carbons (Fsp3) is 0.280. The zero-order chi connectivity index (χ0) is 23.2. The molecule has 2 N–H and O–H groups in total. The lowest BCUT2D eigenvalue weighted by Crippen LogP contribution is -2.39. The topological polar surface area (TPSA) is 70.1 Å². The largest absolute Gasteiger partial charge is 0.416 e. The van der Waals surface area contributed by atoms with E-state index in [1.807, 2.05) is 32.0 Å². The molecule has 2 aromatic rings. The molecular formula is C25H22F3N3O. The van der Waals surface area contributed by atoms with Crippen LogP contribution in [-0.2, 0) is 11.0 Å². The van der Waals surface area contributed by atoms with Crippen LogP contribution in [0.15, 0.2) is 65.1 Å². The maximum absolute atomic E-state index is 13.4. The number of nitrogens with two attached hydrogens (primary N) is 1. The van der Waals surface area contributed by atoms with Gasteiger partial charge in [0.05, 0.1) is 23.1 Å². The summed E-state index contributed by atoms with van der Waals surface area (Å²) in [5, 5.41) is 10.0. The summed E-state index contributed by atoms with van der Waals surface area (Å²) in [5.74, 6) is -0.677. The third kappa shape index (κ3) is 3.56. The number of anilines is 1. The summed E-state index contributed by atoms with van der Waals surface area (Å²) >= 11 is 0. The Hall–Kier alpha value is -3.53. The van der Waals surface area contributed by atoms with Crippen LogP contribution in [0.2, 0.25) is 0 Å². The van der Waals surface area contributed by atoms with Gasteiger partial charge in [0.15, 0.2) is 5.78 Å². The zero-order valence-electron chi connectivity index (χ0n) is 17.8. The molecule has 0 aromatic heterocycles. The van der Waals surface area contributed by atoms with Gasteiger partial charge >= 0.3 is 6.18 Å². The number of hydrogen-bond acceptors (Lipinski definition) is 4. The highest BCUT2D eigenvalue weighted by molar-refractivity contribution is 6.01. The van der Waals surface area contributed by atoms with Gasteiger partial charge in [0.2, 0.25) is 0 Å². The number of allylic oxidation sites excluding steroid dienone is 3. The van der Waals surface area contributed by atoms with E-state index in [2.05, 4.69) is 6.07 Å². The van der Waals surface area contributed by atoms with Crippen molar-refractivity contribution in [2.75, 3.05) is 4.90 Å². The third-order valence-electron chi connectivity index (χ3n) is 6.08. The number of carbonyl (C=O) groups excluding carboxylic acids is 1. The van der Waals surface area contributed by atoms with Gasteiger partial charge < -0.3 is 5.73 Å². The normalized spacial score (nSPS) is 19.2. The minimum atomic E-state index is -4.52. The lowest BCUT2D eigenvalue weighted by molar-refractivity contribution is -0.137. The predicted molar refractivity (Wildman–Crippen MR) is 115 cm³/mol. The number of nitrogens with zero attached hydrogens (tertiary/aromatic N) is 2. The van der Waals surface area contributed by atoms with Crippen molar-refractivity contribution in [3.8, 4) is 6.07 Å². The van der Waals surface area contributed by atoms with E-state index in [-0.39, 0.29) is 22.9 Å². The molecule has 1 heterocycles. The van der Waals surface area contributed by atoms with Gasteiger partial charge in [-0.3, -0.25) is 9.69 Å². The van der Waals surface area contributed by atoms with Crippen molar-refractivity contribution in [3.63, 3.8) is 0 Å². The highest BCUT2D eigenvalue weighted by Gasteiger charge is 2.41. The number of halogens is 3. The Morgan fingerprint density at radius 3 is 2.53 bits per heavy atom. The van der Waals surface area contributed by atoms with Crippen molar-refractivity contribution in [1.29, 1.82) is 5.26 Å². The molecule has 2 aromatic carbocycles. The minimum absolute atomic E-state index is 0.0604. The summed E-state index contributed by atoms with van der Waals surface area (Å²) in [6.45, 7) is 3.87. The molecule has 0 amide bonds. The van der Waals surface area contributed by atoms with Gasteiger partial charge in [0, 0.05) is 23.4 Å². The lowest BCUT2D eigenvalue weighted by Gasteiger charge is -2.40. The molecule has 0 radical (unpaired) electrons. The number of alkyl halides is 3. The minimum Gasteiger partial charge on any atom is -0.384 e. The van der Waals surface area contributed by atoms with Crippen LogP contribution < -0.4 is 10.6 Å². The van der Waals surface area contributed by atoms with Crippen LogP contribution in [-0.4, -0.2) is 5.78 Å². The molecule has 1 aliphatic carbocycles. The van der Waals surface area contributed by atoms with Crippen molar-refractivity contribution < 1.29 is 18.0 Å². The molecule has 0 fully saturated rings. The monoisotopic (exact) mass is 437 g/mol. The number of carbonyl (C=O) groups is 1. The van der Waals surface area contributed by atoms with Crippen LogP contribution in [0.3, 0.4) is 0 Å². The number of Topliss-reactive ketones (excluding diaryl/α,β-unsaturated/α-hetero) is 1. The number of benzene rings is 2. The second-order valence-electron chi connectivity index (χ2n) is 8.22. The van der Waals surface area contributed by atoms with E-state index in [1.54, 1.807) is 0 Å². The van der Waals surface area contributed by atoms with Gasteiger partial charge in [-0.25, -0.2) is 0 Å². The van der Waals surface area contributed by atoms with E-state index in [0.717, 1.165) is 28.8 Å². The quantitative estimate of drug-likeness (QED) is 0.661. The molecule has 2 aliphatic rings. The number of rotatable bonds is 2. The zero-order valence-corrected chi connectivity index (χ0v) is 17.8. The van der Waals surface area contributed by atoms with Crippen LogP contribution >= 0.6 is 0 Å². The molecule has 4 rings (SSSR count). The number of nitriles is 1. The standard InChI is InChI=1S/C25H22F3N3O/c1-14-9-10-18(15(2)11-14)22-19(13-29)24(30)31(20-7-4-8-21(32)23(20)22)17-6-3-5-16(12-17)25(26,27)28/h3,5-6,9-12,22H,4,7-8,30H2,1-2H3. The second kappa shape index (κ2) is 7.86. The lowest BCUT2D eigenvalue weighted by atomic mass is 9.74. The second-order valence-corrected chi connectivity index (χ2v) is 8.22. The summed E-state index contributed by atoms with van der Waals surface area (Å²) in [7, 11) is 0. The molecule has 1 aliphatic heterocycles. The van der Waals surface area contributed by atoms with Crippen LogP contribution in [0.4, 0.5) is 18.9 Å². The molecule has 0 bridgehead atoms. The molecule has 1 atom stereocenters. The fourth-order valence-electron chi connectivity index (χ4n) is 4.66. The van der Waals surface area contributed by atoms with E-state index in [1.165, 1.54) is 17.0 Å². The third-order valence-corrected chi connectivity index (χ3v) is 6.08. The van der Waals surface area contributed by atoms with Crippen molar-refractivity contribution in [2.45, 2.75) is 45.2 Å². The molecule has 7 heteroatoms. The number of ketones is 1. The summed E-state index contributed by atoms with van der Waals surface area (Å²) in [4.78, 5) is 14.6. The first-order valence-corrected chi connectivity index (χ1v) is 10.3. The van der Waals surface area contributed by atoms with Crippen LogP contribution in [0, 0.1) is 25.2 Å². The summed E-state index contributed by atoms with van der Waals surface area (Å²) in [6.07, 6.45) is -3.14. The molecule has 1 unspecified atom stereocenters. The van der Waals surface area contributed by atoms with E-state index in [4.69, 9.17) is 5.73 Å². The van der Waals surface area contributed by atoms with Crippen LogP contribution in [0.25, 0.3) is 0 Å². The molecule has 0 spiro atoms. The van der Waals surface area contributed by atoms with Gasteiger partial charge in [-0.15, -0.1) is 0 Å². The molecule has 4 nitrogen and oxygen atoms in total. The van der Waals surface area contributed by atoms with Crippen LogP contribution in [0.1, 0.15) is 47.4 Å². The van der Waals surface area contributed by atoms with Crippen molar-refractivity contribution >= 4 is 11.5 Å². The summed E-state index contributed by atoms with van der Waals surface area (Å²) in [6, 6.07) is 12.7. The van der Waals surface area contributed by atoms with Gasteiger partial charge in [-0.2, -0.15) is 18.4 Å². The first-order valence-electron chi connectivity index (χ1n) is 10.3. The van der Waals surface area contributed by atoms with Gasteiger partial charge in [0.25, 0.3) is 0 Å². The number of aryl methyl sites for hydroxylation is 2. The van der Waals surface area contributed by atoms with Gasteiger partial charge in [0.1, 0.15) is 5.82 Å². The highest BCUT2D eigenvalue weighted by atomic mass is 19.4. The average Bonchev–Trinajstić information content (AvgIpc) is 2.73. The van der Waals surface area contributed by atoms with E-state index < -0.39 is 17.7 Å². The average molecular weight is 437 g/mol. The molecular weight excluding hydrogens is 415 g/mol. The van der Waals surface area contributed by atoms with E-state index >= 15 is 0 Å². The van der Waals surface area contributed by atoms with Crippen molar-refractivity contribution in [3.05, 3.63) is 87.4 Å².